The fourth-order valence-electron chi connectivity index (χ4n) is 2.87. The monoisotopic (exact) mass is 217 g/mol. The van der Waals surface area contributed by atoms with Crippen molar-refractivity contribution in [3.63, 3.8) is 0 Å². The molecule has 1 aromatic rings. The van der Waals surface area contributed by atoms with Crippen molar-refractivity contribution in [3.05, 3.63) is 35.4 Å². The first-order chi connectivity index (χ1) is 7.81. The lowest BCUT2D eigenvalue weighted by atomic mass is 9.87. The molecule has 2 atom stereocenters. The summed E-state index contributed by atoms with van der Waals surface area (Å²) in [6, 6.07) is 9.79. The van der Waals surface area contributed by atoms with Crippen LogP contribution in [0.25, 0.3) is 0 Å². The van der Waals surface area contributed by atoms with Gasteiger partial charge in [-0.2, -0.15) is 0 Å². The molecule has 0 radical (unpaired) electrons. The lowest BCUT2D eigenvalue weighted by Crippen LogP contribution is -2.31. The van der Waals surface area contributed by atoms with Crippen LogP contribution in [0.1, 0.15) is 49.1 Å². The summed E-state index contributed by atoms with van der Waals surface area (Å²) in [5.41, 5.74) is 2.88. The van der Waals surface area contributed by atoms with Crippen molar-refractivity contribution < 1.29 is 0 Å². The normalized spacial score (nSPS) is 26.4. The second kappa shape index (κ2) is 5.49. The first-order valence-corrected chi connectivity index (χ1v) is 6.55. The standard InChI is InChI=1S/C15H23N/c1-12-8-10-13(11-9-12)14-6-4-3-5-7-15(14)16-2/h8-11,14-16H,3-7H2,1-2H3. The molecule has 2 rings (SSSR count). The van der Waals surface area contributed by atoms with Gasteiger partial charge in [0.1, 0.15) is 0 Å². The third-order valence-corrected chi connectivity index (χ3v) is 3.89. The molecule has 1 aliphatic carbocycles. The lowest BCUT2D eigenvalue weighted by Gasteiger charge is -2.25. The van der Waals surface area contributed by atoms with Gasteiger partial charge in [0.15, 0.2) is 0 Å². The van der Waals surface area contributed by atoms with Crippen molar-refractivity contribution >= 4 is 0 Å². The van der Waals surface area contributed by atoms with Crippen molar-refractivity contribution in [1.82, 2.24) is 5.32 Å². The van der Waals surface area contributed by atoms with Gasteiger partial charge in [-0.05, 0) is 38.3 Å². The molecule has 1 heteroatoms. The van der Waals surface area contributed by atoms with Gasteiger partial charge < -0.3 is 5.32 Å². The van der Waals surface area contributed by atoms with Crippen LogP contribution < -0.4 is 5.32 Å². The first kappa shape index (κ1) is 11.7. The average molecular weight is 217 g/mol. The molecule has 1 fully saturated rings. The number of benzene rings is 1. The Bertz CT molecular complexity index is 315. The summed E-state index contributed by atoms with van der Waals surface area (Å²) < 4.78 is 0. The van der Waals surface area contributed by atoms with Gasteiger partial charge >= 0.3 is 0 Å². The molecule has 0 aromatic heterocycles. The minimum Gasteiger partial charge on any atom is -0.316 e. The second-order valence-corrected chi connectivity index (χ2v) is 5.05. The largest absolute Gasteiger partial charge is 0.316 e. The summed E-state index contributed by atoms with van der Waals surface area (Å²) in [7, 11) is 2.11. The molecule has 0 saturated heterocycles. The predicted molar refractivity (Wildman–Crippen MR) is 69.9 cm³/mol. The van der Waals surface area contributed by atoms with E-state index in [9.17, 15) is 0 Å². The van der Waals surface area contributed by atoms with E-state index in [4.69, 9.17) is 0 Å². The molecule has 0 bridgehead atoms. The molecule has 88 valence electrons. The van der Waals surface area contributed by atoms with Crippen LogP contribution >= 0.6 is 0 Å². The van der Waals surface area contributed by atoms with Crippen LogP contribution in [-0.2, 0) is 0 Å². The summed E-state index contributed by atoms with van der Waals surface area (Å²) in [4.78, 5) is 0. The Balaban J connectivity index is 2.18. The van der Waals surface area contributed by atoms with Crippen LogP contribution in [0.5, 0.6) is 0 Å². The maximum Gasteiger partial charge on any atom is 0.0133 e. The van der Waals surface area contributed by atoms with Gasteiger partial charge in [0.05, 0.1) is 0 Å². The van der Waals surface area contributed by atoms with E-state index in [2.05, 4.69) is 43.6 Å². The highest BCUT2D eigenvalue weighted by molar-refractivity contribution is 5.26. The Labute approximate surface area is 99.3 Å². The smallest absolute Gasteiger partial charge is 0.0133 e. The molecule has 1 N–H and O–H groups in total. The zero-order chi connectivity index (χ0) is 11.4. The number of likely N-dealkylation sites (N-methyl/N-ethyl adjacent to an activating group) is 1. The van der Waals surface area contributed by atoms with Crippen LogP contribution in [0.3, 0.4) is 0 Å². The van der Waals surface area contributed by atoms with Crippen molar-refractivity contribution in [2.45, 2.75) is 51.0 Å². The summed E-state index contributed by atoms with van der Waals surface area (Å²) in [5.74, 6) is 0.716. The van der Waals surface area contributed by atoms with Gasteiger partial charge in [-0.25, -0.2) is 0 Å². The molecule has 2 unspecified atom stereocenters. The number of hydrogen-bond donors (Lipinski definition) is 1. The molecule has 0 heterocycles. The van der Waals surface area contributed by atoms with Crippen LogP contribution in [0.2, 0.25) is 0 Å². The Hall–Kier alpha value is -0.820. The Morgan fingerprint density at radius 1 is 1.00 bits per heavy atom. The summed E-state index contributed by atoms with van der Waals surface area (Å²) in [5, 5.41) is 3.51. The average Bonchev–Trinajstić information content (AvgIpc) is 2.55. The number of hydrogen-bond acceptors (Lipinski definition) is 1. The zero-order valence-electron chi connectivity index (χ0n) is 10.5. The molecular formula is C15H23N. The third kappa shape index (κ3) is 2.65. The van der Waals surface area contributed by atoms with Gasteiger partial charge in [0.25, 0.3) is 0 Å². The van der Waals surface area contributed by atoms with Gasteiger partial charge in [-0.15, -0.1) is 0 Å². The number of nitrogens with one attached hydrogen (secondary N) is 1. The van der Waals surface area contributed by atoms with Gasteiger partial charge in [-0.3, -0.25) is 0 Å². The Kier molecular flexibility index (Phi) is 4.00. The SMILES string of the molecule is CNC1CCCCCC1c1ccc(C)cc1. The van der Waals surface area contributed by atoms with Crippen molar-refractivity contribution in [2.75, 3.05) is 7.05 Å². The maximum absolute atomic E-state index is 3.51. The van der Waals surface area contributed by atoms with E-state index < -0.39 is 0 Å². The predicted octanol–water partition coefficient (Wildman–Crippen LogP) is 3.63. The fraction of sp³-hybridized carbons (Fsp3) is 0.600. The highest BCUT2D eigenvalue weighted by Crippen LogP contribution is 2.31. The molecule has 1 nitrogen and oxygen atoms in total. The van der Waals surface area contributed by atoms with Crippen LogP contribution in [0.15, 0.2) is 24.3 Å². The Morgan fingerprint density at radius 2 is 1.69 bits per heavy atom. The van der Waals surface area contributed by atoms with Crippen molar-refractivity contribution in [1.29, 1.82) is 0 Å². The second-order valence-electron chi connectivity index (χ2n) is 5.05. The number of rotatable bonds is 2. The van der Waals surface area contributed by atoms with Gasteiger partial charge in [-0.1, -0.05) is 49.1 Å². The maximum atomic E-state index is 3.51. The Morgan fingerprint density at radius 3 is 2.38 bits per heavy atom. The molecular weight excluding hydrogens is 194 g/mol. The molecule has 1 saturated carbocycles. The summed E-state index contributed by atoms with van der Waals surface area (Å²) in [6.45, 7) is 2.16. The minimum absolute atomic E-state index is 0.671. The van der Waals surface area contributed by atoms with E-state index in [1.807, 2.05) is 0 Å². The van der Waals surface area contributed by atoms with Crippen LogP contribution in [-0.4, -0.2) is 13.1 Å². The topological polar surface area (TPSA) is 12.0 Å². The van der Waals surface area contributed by atoms with Gasteiger partial charge in [0.2, 0.25) is 0 Å². The van der Waals surface area contributed by atoms with Crippen molar-refractivity contribution in [3.8, 4) is 0 Å². The van der Waals surface area contributed by atoms with E-state index in [1.165, 1.54) is 43.2 Å². The van der Waals surface area contributed by atoms with Crippen molar-refractivity contribution in [2.24, 2.45) is 0 Å². The van der Waals surface area contributed by atoms with E-state index in [0.29, 0.717) is 12.0 Å². The first-order valence-electron chi connectivity index (χ1n) is 6.55. The molecule has 1 aliphatic rings. The fourth-order valence-corrected chi connectivity index (χ4v) is 2.87. The molecule has 0 amide bonds. The van der Waals surface area contributed by atoms with Crippen LogP contribution in [0.4, 0.5) is 0 Å². The molecule has 1 aromatic carbocycles. The van der Waals surface area contributed by atoms with E-state index >= 15 is 0 Å². The number of aryl methyl sites for hydroxylation is 1. The highest BCUT2D eigenvalue weighted by Gasteiger charge is 2.23. The summed E-state index contributed by atoms with van der Waals surface area (Å²) >= 11 is 0. The minimum atomic E-state index is 0.671. The third-order valence-electron chi connectivity index (χ3n) is 3.89. The molecule has 0 aliphatic heterocycles. The van der Waals surface area contributed by atoms with E-state index in [-0.39, 0.29) is 0 Å². The zero-order valence-corrected chi connectivity index (χ0v) is 10.5. The lowest BCUT2D eigenvalue weighted by molar-refractivity contribution is 0.439. The van der Waals surface area contributed by atoms with E-state index in [0.717, 1.165) is 0 Å². The molecule has 16 heavy (non-hydrogen) atoms. The van der Waals surface area contributed by atoms with E-state index in [1.54, 1.807) is 0 Å². The highest BCUT2D eigenvalue weighted by atomic mass is 14.9. The quantitative estimate of drug-likeness (QED) is 0.746. The summed E-state index contributed by atoms with van der Waals surface area (Å²) in [6.07, 6.45) is 6.84. The van der Waals surface area contributed by atoms with Crippen LogP contribution in [0, 0.1) is 6.92 Å². The molecule has 0 spiro atoms. The van der Waals surface area contributed by atoms with Gasteiger partial charge in [0, 0.05) is 6.04 Å².